The van der Waals surface area contributed by atoms with Gasteiger partial charge in [-0.3, -0.25) is 0 Å². The Labute approximate surface area is 255 Å². The monoisotopic (exact) mass is 560 g/mol. The molecule has 0 atom stereocenters. The molecule has 44 heavy (non-hydrogen) atoms. The molecule has 9 aromatic rings. The van der Waals surface area contributed by atoms with E-state index >= 15 is 0 Å². The first kappa shape index (κ1) is 24.7. The van der Waals surface area contributed by atoms with Gasteiger partial charge in [-0.05, 0) is 59.2 Å². The van der Waals surface area contributed by atoms with E-state index in [0.717, 1.165) is 5.69 Å². The molecule has 9 rings (SSSR count). The van der Waals surface area contributed by atoms with Crippen LogP contribution in [-0.2, 0) is 0 Å². The van der Waals surface area contributed by atoms with E-state index in [4.69, 9.17) is 0 Å². The van der Waals surface area contributed by atoms with E-state index < -0.39 is 0 Å². The van der Waals surface area contributed by atoms with Crippen molar-refractivity contribution in [3.8, 4) is 33.6 Å². The van der Waals surface area contributed by atoms with Gasteiger partial charge in [-0.15, -0.1) is 0 Å². The third kappa shape index (κ3) is 3.68. The molecule has 7 aromatic carbocycles. The zero-order chi connectivity index (χ0) is 29.0. The minimum atomic E-state index is 1.16. The fourth-order valence-electron chi connectivity index (χ4n) is 7.05. The predicted molar refractivity (Wildman–Crippen MR) is 186 cm³/mol. The molecule has 0 amide bonds. The second-order valence-corrected chi connectivity index (χ2v) is 11.4. The summed E-state index contributed by atoms with van der Waals surface area (Å²) in [6, 6.07) is 61.3. The lowest BCUT2D eigenvalue weighted by molar-refractivity contribution is 1.17. The highest BCUT2D eigenvalue weighted by Gasteiger charge is 2.19. The Bertz CT molecular complexity index is 2480. The second-order valence-electron chi connectivity index (χ2n) is 11.4. The van der Waals surface area contributed by atoms with Crippen molar-refractivity contribution < 1.29 is 0 Å². The summed E-state index contributed by atoms with van der Waals surface area (Å²) in [6.45, 7) is 0. The van der Waals surface area contributed by atoms with Gasteiger partial charge in [-0.1, -0.05) is 127 Å². The SMILES string of the molecule is c1ccc(-c2ccccc2-n2c3ccccc3c3cc(-n4c5ccccc5c5c(-c6ccccc6)cccc54)ccc32)cc1. The summed E-state index contributed by atoms with van der Waals surface area (Å²) < 4.78 is 4.86. The normalized spacial score (nSPS) is 11.6. The molecule has 0 unspecified atom stereocenters. The van der Waals surface area contributed by atoms with Crippen LogP contribution >= 0.6 is 0 Å². The van der Waals surface area contributed by atoms with Crippen molar-refractivity contribution in [3.05, 3.63) is 170 Å². The molecule has 0 radical (unpaired) electrons. The fourth-order valence-corrected chi connectivity index (χ4v) is 7.05. The van der Waals surface area contributed by atoms with Gasteiger partial charge in [-0.25, -0.2) is 0 Å². The minimum Gasteiger partial charge on any atom is -0.309 e. The first-order valence-electron chi connectivity index (χ1n) is 15.1. The molecular weight excluding hydrogens is 532 g/mol. The summed E-state index contributed by atoms with van der Waals surface area (Å²) in [5.74, 6) is 0. The molecule has 0 fully saturated rings. The summed E-state index contributed by atoms with van der Waals surface area (Å²) in [4.78, 5) is 0. The van der Waals surface area contributed by atoms with Gasteiger partial charge in [0.25, 0.3) is 0 Å². The standard InChI is InChI=1S/C42H28N2/c1-3-14-29(15-4-1)32-18-7-10-22-37(32)44-38-23-11-8-19-34(38)36-28-31(26-27-40(36)44)43-39-24-12-9-20-35(39)42-33(21-13-25-41(42)43)30-16-5-2-6-17-30/h1-28H. The van der Waals surface area contributed by atoms with E-state index in [2.05, 4.69) is 179 Å². The number of hydrogen-bond donors (Lipinski definition) is 0. The Morgan fingerprint density at radius 2 is 0.864 bits per heavy atom. The first-order chi connectivity index (χ1) is 21.9. The Morgan fingerprint density at radius 1 is 0.318 bits per heavy atom. The van der Waals surface area contributed by atoms with Gasteiger partial charge in [0, 0.05) is 32.8 Å². The quantitative estimate of drug-likeness (QED) is 0.203. The molecule has 0 bridgehead atoms. The van der Waals surface area contributed by atoms with Crippen molar-refractivity contribution >= 4 is 43.6 Å². The van der Waals surface area contributed by atoms with Crippen LogP contribution in [0.4, 0.5) is 0 Å². The van der Waals surface area contributed by atoms with E-state index in [1.54, 1.807) is 0 Å². The number of aromatic nitrogens is 2. The number of benzene rings is 7. The molecule has 0 aliphatic carbocycles. The molecule has 2 aromatic heterocycles. The van der Waals surface area contributed by atoms with Crippen LogP contribution in [0.25, 0.3) is 77.2 Å². The van der Waals surface area contributed by atoms with Gasteiger partial charge < -0.3 is 9.13 Å². The summed E-state index contributed by atoms with van der Waals surface area (Å²) in [7, 11) is 0. The smallest absolute Gasteiger partial charge is 0.0547 e. The molecule has 2 heteroatoms. The van der Waals surface area contributed by atoms with Crippen LogP contribution in [0, 0.1) is 0 Å². The van der Waals surface area contributed by atoms with Gasteiger partial charge >= 0.3 is 0 Å². The maximum absolute atomic E-state index is 2.43. The van der Waals surface area contributed by atoms with Gasteiger partial charge in [0.15, 0.2) is 0 Å². The zero-order valence-electron chi connectivity index (χ0n) is 24.1. The van der Waals surface area contributed by atoms with Crippen molar-refractivity contribution in [2.45, 2.75) is 0 Å². The van der Waals surface area contributed by atoms with Gasteiger partial charge in [-0.2, -0.15) is 0 Å². The van der Waals surface area contributed by atoms with Crippen LogP contribution in [0.1, 0.15) is 0 Å². The van der Waals surface area contributed by atoms with E-state index in [-0.39, 0.29) is 0 Å². The van der Waals surface area contributed by atoms with Gasteiger partial charge in [0.05, 0.1) is 27.8 Å². The number of para-hydroxylation sites is 3. The maximum Gasteiger partial charge on any atom is 0.0547 e. The Morgan fingerprint density at radius 3 is 1.64 bits per heavy atom. The molecule has 0 N–H and O–H groups in total. The number of hydrogen-bond acceptors (Lipinski definition) is 0. The molecule has 0 saturated carbocycles. The molecule has 2 nitrogen and oxygen atoms in total. The van der Waals surface area contributed by atoms with E-state index in [0.29, 0.717) is 0 Å². The topological polar surface area (TPSA) is 9.86 Å². The molecule has 0 saturated heterocycles. The highest BCUT2D eigenvalue weighted by molar-refractivity contribution is 6.16. The second kappa shape index (κ2) is 9.86. The van der Waals surface area contributed by atoms with E-state index in [9.17, 15) is 0 Å². The lowest BCUT2D eigenvalue weighted by atomic mass is 9.99. The fraction of sp³-hybridized carbons (Fsp3) is 0. The molecule has 2 heterocycles. The van der Waals surface area contributed by atoms with Crippen LogP contribution in [0.2, 0.25) is 0 Å². The van der Waals surface area contributed by atoms with E-state index in [1.165, 1.54) is 71.6 Å². The van der Waals surface area contributed by atoms with Crippen LogP contribution in [0.3, 0.4) is 0 Å². The third-order valence-electron chi connectivity index (χ3n) is 8.93. The summed E-state index contributed by atoms with van der Waals surface area (Å²) in [5.41, 5.74) is 12.1. The number of nitrogens with zero attached hydrogens (tertiary/aromatic N) is 2. The maximum atomic E-state index is 2.43. The lowest BCUT2D eigenvalue weighted by Gasteiger charge is -2.14. The van der Waals surface area contributed by atoms with Crippen LogP contribution < -0.4 is 0 Å². The average Bonchev–Trinajstić information content (AvgIpc) is 3.62. The van der Waals surface area contributed by atoms with Gasteiger partial charge in [0.2, 0.25) is 0 Å². The summed E-state index contributed by atoms with van der Waals surface area (Å²) in [6.07, 6.45) is 0. The first-order valence-corrected chi connectivity index (χ1v) is 15.1. The Balaban J connectivity index is 1.33. The largest absolute Gasteiger partial charge is 0.309 e. The van der Waals surface area contributed by atoms with Crippen molar-refractivity contribution in [1.29, 1.82) is 0 Å². The van der Waals surface area contributed by atoms with Crippen molar-refractivity contribution in [2.75, 3.05) is 0 Å². The number of fused-ring (bicyclic) bond motifs is 6. The van der Waals surface area contributed by atoms with Crippen LogP contribution in [-0.4, -0.2) is 9.13 Å². The lowest BCUT2D eigenvalue weighted by Crippen LogP contribution is -1.98. The predicted octanol–water partition coefficient (Wildman–Crippen LogP) is 11.2. The highest BCUT2D eigenvalue weighted by Crippen LogP contribution is 2.41. The molecule has 0 spiro atoms. The molecule has 206 valence electrons. The van der Waals surface area contributed by atoms with Crippen molar-refractivity contribution in [2.24, 2.45) is 0 Å². The summed E-state index contributed by atoms with van der Waals surface area (Å²) in [5, 5.41) is 5.04. The van der Waals surface area contributed by atoms with Crippen LogP contribution in [0.15, 0.2) is 170 Å². The van der Waals surface area contributed by atoms with Crippen molar-refractivity contribution in [1.82, 2.24) is 9.13 Å². The van der Waals surface area contributed by atoms with Gasteiger partial charge in [0.1, 0.15) is 0 Å². The Hall–Kier alpha value is -5.86. The van der Waals surface area contributed by atoms with E-state index in [1.807, 2.05) is 0 Å². The Kier molecular flexibility index (Phi) is 5.54. The highest BCUT2D eigenvalue weighted by atomic mass is 15.0. The van der Waals surface area contributed by atoms with Crippen LogP contribution in [0.5, 0.6) is 0 Å². The van der Waals surface area contributed by atoms with Crippen molar-refractivity contribution in [3.63, 3.8) is 0 Å². The molecule has 0 aliphatic rings. The number of rotatable bonds is 4. The summed E-state index contributed by atoms with van der Waals surface area (Å²) >= 11 is 0. The minimum absolute atomic E-state index is 1.16. The average molecular weight is 561 g/mol. The zero-order valence-corrected chi connectivity index (χ0v) is 24.1. The molecular formula is C42H28N2. The molecule has 0 aliphatic heterocycles. The third-order valence-corrected chi connectivity index (χ3v) is 8.93.